The summed E-state index contributed by atoms with van der Waals surface area (Å²) in [6.07, 6.45) is 6.15. The van der Waals surface area contributed by atoms with Crippen LogP contribution in [0.2, 0.25) is 0 Å². The third-order valence-electron chi connectivity index (χ3n) is 4.38. The van der Waals surface area contributed by atoms with Crippen LogP contribution in [0, 0.1) is 6.92 Å². The Labute approximate surface area is 152 Å². The molecule has 0 aliphatic rings. The van der Waals surface area contributed by atoms with Crippen LogP contribution in [-0.4, -0.2) is 14.5 Å². The second-order valence-corrected chi connectivity index (χ2v) is 8.38. The summed E-state index contributed by atoms with van der Waals surface area (Å²) in [4.78, 5) is 0.338. The van der Waals surface area contributed by atoms with Gasteiger partial charge < -0.3 is 0 Å². The second-order valence-electron chi connectivity index (χ2n) is 6.67. The lowest BCUT2D eigenvalue weighted by atomic mass is 10.0. The van der Waals surface area contributed by atoms with E-state index in [4.69, 9.17) is 0 Å². The highest BCUT2D eigenvalue weighted by Crippen LogP contribution is 2.16. The lowest BCUT2D eigenvalue weighted by molar-refractivity contribution is 0.497. The minimum atomic E-state index is -3.49. The number of benzene rings is 2. The molecule has 0 radical (unpaired) electrons. The van der Waals surface area contributed by atoms with Crippen molar-refractivity contribution in [1.82, 2.24) is 4.72 Å². The van der Waals surface area contributed by atoms with Crippen molar-refractivity contribution in [1.29, 1.82) is 0 Å². The van der Waals surface area contributed by atoms with Gasteiger partial charge in [0.15, 0.2) is 0 Å². The van der Waals surface area contributed by atoms with Crippen LogP contribution >= 0.6 is 0 Å². The van der Waals surface area contributed by atoms with Gasteiger partial charge in [0.2, 0.25) is 10.0 Å². The van der Waals surface area contributed by atoms with Crippen molar-refractivity contribution in [2.24, 2.45) is 0 Å². The summed E-state index contributed by atoms with van der Waals surface area (Å²) in [6.45, 7) is 4.14. The number of hydrogen-bond acceptors (Lipinski definition) is 2. The molecule has 0 fully saturated rings. The van der Waals surface area contributed by atoms with Crippen LogP contribution in [0.1, 0.15) is 50.2 Å². The Morgan fingerprint density at radius 1 is 0.920 bits per heavy atom. The van der Waals surface area contributed by atoms with E-state index in [0.29, 0.717) is 4.90 Å². The van der Waals surface area contributed by atoms with Crippen molar-refractivity contribution in [2.45, 2.75) is 63.3 Å². The Morgan fingerprint density at radius 2 is 1.60 bits per heavy atom. The minimum absolute atomic E-state index is 0.0782. The van der Waals surface area contributed by atoms with Gasteiger partial charge in [-0.25, -0.2) is 13.1 Å². The molecule has 0 aliphatic heterocycles. The quantitative estimate of drug-likeness (QED) is 0.616. The molecule has 2 rings (SSSR count). The maximum Gasteiger partial charge on any atom is 0.240 e. The van der Waals surface area contributed by atoms with Gasteiger partial charge >= 0.3 is 0 Å². The Bertz CT molecular complexity index is 724. The molecule has 0 saturated heterocycles. The highest BCUT2D eigenvalue weighted by molar-refractivity contribution is 7.89. The van der Waals surface area contributed by atoms with Crippen LogP contribution in [0.25, 0.3) is 0 Å². The lowest BCUT2D eigenvalue weighted by Crippen LogP contribution is -2.36. The molecule has 0 spiro atoms. The zero-order valence-corrected chi connectivity index (χ0v) is 16.1. The monoisotopic (exact) mass is 359 g/mol. The van der Waals surface area contributed by atoms with Gasteiger partial charge in [-0.05, 0) is 37.5 Å². The van der Waals surface area contributed by atoms with Crippen LogP contribution in [0.4, 0.5) is 0 Å². The smallest absolute Gasteiger partial charge is 0.208 e. The van der Waals surface area contributed by atoms with Gasteiger partial charge in [0.25, 0.3) is 0 Å². The zero-order chi connectivity index (χ0) is 18.1. The molecule has 0 aliphatic carbocycles. The summed E-state index contributed by atoms with van der Waals surface area (Å²) in [5.41, 5.74) is 2.22. The van der Waals surface area contributed by atoms with E-state index in [-0.39, 0.29) is 6.04 Å². The van der Waals surface area contributed by atoms with Gasteiger partial charge in [-0.15, -0.1) is 0 Å². The number of unbranched alkanes of at least 4 members (excludes halogenated alkanes) is 3. The molecule has 0 aromatic heterocycles. The van der Waals surface area contributed by atoms with E-state index in [1.165, 1.54) is 12.8 Å². The first-order valence-corrected chi connectivity index (χ1v) is 10.6. The summed E-state index contributed by atoms with van der Waals surface area (Å²) in [7, 11) is -3.49. The van der Waals surface area contributed by atoms with Crippen LogP contribution in [-0.2, 0) is 16.4 Å². The first-order chi connectivity index (χ1) is 12.0. The Hall–Kier alpha value is -1.65. The zero-order valence-electron chi connectivity index (χ0n) is 15.2. The Kier molecular flexibility index (Phi) is 7.66. The average molecular weight is 360 g/mol. The van der Waals surface area contributed by atoms with E-state index in [2.05, 4.69) is 23.8 Å². The summed E-state index contributed by atoms with van der Waals surface area (Å²) in [6, 6.07) is 17.0. The van der Waals surface area contributed by atoms with E-state index in [0.717, 1.165) is 36.8 Å². The first kappa shape index (κ1) is 19.7. The van der Waals surface area contributed by atoms with Gasteiger partial charge in [-0.2, -0.15) is 0 Å². The maximum atomic E-state index is 12.7. The molecule has 2 aromatic carbocycles. The molecule has 0 heterocycles. The number of sulfonamides is 1. The van der Waals surface area contributed by atoms with Gasteiger partial charge in [-0.1, -0.05) is 80.6 Å². The van der Waals surface area contributed by atoms with Crippen LogP contribution in [0.3, 0.4) is 0 Å². The third kappa shape index (κ3) is 6.63. The van der Waals surface area contributed by atoms with E-state index in [1.807, 2.05) is 37.3 Å². The maximum absolute atomic E-state index is 12.7. The highest BCUT2D eigenvalue weighted by Gasteiger charge is 2.20. The molecule has 136 valence electrons. The molecule has 1 atom stereocenters. The predicted octanol–water partition coefficient (Wildman–Crippen LogP) is 4.86. The Balaban J connectivity index is 2.09. The normalized spacial score (nSPS) is 12.9. The second kappa shape index (κ2) is 9.73. The van der Waals surface area contributed by atoms with Gasteiger partial charge in [0, 0.05) is 6.04 Å². The summed E-state index contributed by atoms with van der Waals surface area (Å²) in [5, 5.41) is 0. The number of hydrogen-bond donors (Lipinski definition) is 1. The highest BCUT2D eigenvalue weighted by atomic mass is 32.2. The molecule has 2 aromatic rings. The van der Waals surface area contributed by atoms with E-state index < -0.39 is 10.0 Å². The van der Waals surface area contributed by atoms with Crippen molar-refractivity contribution < 1.29 is 8.42 Å². The fourth-order valence-electron chi connectivity index (χ4n) is 2.92. The van der Waals surface area contributed by atoms with Crippen molar-refractivity contribution in [3.05, 3.63) is 65.7 Å². The van der Waals surface area contributed by atoms with Crippen molar-refractivity contribution in [3.8, 4) is 0 Å². The van der Waals surface area contributed by atoms with Gasteiger partial charge in [-0.3, -0.25) is 0 Å². The molecular formula is C21H29NO2S. The number of aryl methyl sites for hydroxylation is 1. The van der Waals surface area contributed by atoms with E-state index in [1.54, 1.807) is 12.1 Å². The molecule has 3 nitrogen and oxygen atoms in total. The van der Waals surface area contributed by atoms with Crippen molar-refractivity contribution >= 4 is 10.0 Å². The standard InChI is InChI=1S/C21H29NO2S/c1-3-4-5-9-12-20(17-19-10-7-6-8-11-19)22-25(23,24)21-15-13-18(2)14-16-21/h6-8,10-11,13-16,20,22H,3-5,9,12,17H2,1-2H3/t20-/m1/s1. The van der Waals surface area contributed by atoms with E-state index >= 15 is 0 Å². The SMILES string of the molecule is CCCCCC[C@H](Cc1ccccc1)NS(=O)(=O)c1ccc(C)cc1. The predicted molar refractivity (Wildman–Crippen MR) is 104 cm³/mol. The number of rotatable bonds is 10. The average Bonchev–Trinajstić information content (AvgIpc) is 2.59. The molecule has 4 heteroatoms. The molecule has 0 amide bonds. The van der Waals surface area contributed by atoms with Crippen LogP contribution < -0.4 is 4.72 Å². The van der Waals surface area contributed by atoms with E-state index in [9.17, 15) is 8.42 Å². The number of nitrogens with one attached hydrogen (secondary N) is 1. The van der Waals surface area contributed by atoms with Gasteiger partial charge in [0.05, 0.1) is 4.90 Å². The van der Waals surface area contributed by atoms with Gasteiger partial charge in [0.1, 0.15) is 0 Å². The molecular weight excluding hydrogens is 330 g/mol. The van der Waals surface area contributed by atoms with Crippen molar-refractivity contribution in [3.63, 3.8) is 0 Å². The lowest BCUT2D eigenvalue weighted by Gasteiger charge is -2.19. The molecule has 0 unspecified atom stereocenters. The largest absolute Gasteiger partial charge is 0.240 e. The van der Waals surface area contributed by atoms with Crippen LogP contribution in [0.5, 0.6) is 0 Å². The topological polar surface area (TPSA) is 46.2 Å². The molecule has 25 heavy (non-hydrogen) atoms. The molecule has 0 saturated carbocycles. The summed E-state index contributed by atoms with van der Waals surface area (Å²) >= 11 is 0. The first-order valence-electron chi connectivity index (χ1n) is 9.14. The summed E-state index contributed by atoms with van der Waals surface area (Å²) < 4.78 is 28.4. The fraction of sp³-hybridized carbons (Fsp3) is 0.429. The molecule has 1 N–H and O–H groups in total. The fourth-order valence-corrected chi connectivity index (χ4v) is 4.19. The molecule has 0 bridgehead atoms. The van der Waals surface area contributed by atoms with Crippen molar-refractivity contribution in [2.75, 3.05) is 0 Å². The van der Waals surface area contributed by atoms with Crippen LogP contribution in [0.15, 0.2) is 59.5 Å². The Morgan fingerprint density at radius 3 is 2.24 bits per heavy atom. The summed E-state index contributed by atoms with van der Waals surface area (Å²) in [5.74, 6) is 0. The third-order valence-corrected chi connectivity index (χ3v) is 5.92. The minimum Gasteiger partial charge on any atom is -0.208 e.